The average molecular weight is 435 g/mol. The van der Waals surface area contributed by atoms with E-state index in [9.17, 15) is 13.2 Å². The number of ketones is 1. The van der Waals surface area contributed by atoms with Crippen LogP contribution in [0.2, 0.25) is 0 Å². The van der Waals surface area contributed by atoms with Crippen molar-refractivity contribution in [2.24, 2.45) is 16.7 Å². The third-order valence-electron chi connectivity index (χ3n) is 8.14. The highest BCUT2D eigenvalue weighted by molar-refractivity contribution is 7.89. The minimum absolute atomic E-state index is 0.0233. The van der Waals surface area contributed by atoms with Crippen molar-refractivity contribution >= 4 is 15.8 Å². The summed E-state index contributed by atoms with van der Waals surface area (Å²) in [6.45, 7) is 7.50. The lowest BCUT2D eigenvalue weighted by Crippen LogP contribution is -2.52. The molecular formula is C22H30N2O5S. The Morgan fingerprint density at radius 3 is 2.50 bits per heavy atom. The zero-order valence-corrected chi connectivity index (χ0v) is 18.5. The predicted molar refractivity (Wildman–Crippen MR) is 112 cm³/mol. The van der Waals surface area contributed by atoms with Crippen LogP contribution in [-0.2, 0) is 21.4 Å². The highest BCUT2D eigenvalue weighted by atomic mass is 32.2. The number of hydrogen-bond donors (Lipinski definition) is 0. The van der Waals surface area contributed by atoms with Gasteiger partial charge < -0.3 is 9.47 Å². The second-order valence-electron chi connectivity index (χ2n) is 9.79. The molecule has 0 amide bonds. The number of benzene rings is 1. The number of nitrogens with zero attached hydrogens (tertiary/aromatic N) is 2. The molecule has 0 aromatic heterocycles. The van der Waals surface area contributed by atoms with Gasteiger partial charge in [0.15, 0.2) is 11.5 Å². The molecular weight excluding hydrogens is 404 g/mol. The first-order chi connectivity index (χ1) is 14.2. The Balaban J connectivity index is 1.22. The zero-order chi connectivity index (χ0) is 21.1. The van der Waals surface area contributed by atoms with Gasteiger partial charge in [-0.25, -0.2) is 8.42 Å². The van der Waals surface area contributed by atoms with Gasteiger partial charge in [-0.1, -0.05) is 19.9 Å². The van der Waals surface area contributed by atoms with Gasteiger partial charge in [-0.05, 0) is 41.9 Å². The second-order valence-corrected chi connectivity index (χ2v) is 11.8. The van der Waals surface area contributed by atoms with E-state index in [4.69, 9.17) is 9.47 Å². The normalized spacial score (nSPS) is 30.9. The Kier molecular flexibility index (Phi) is 4.69. The number of piperazine rings is 1. The largest absolute Gasteiger partial charge is 0.454 e. The molecule has 1 saturated heterocycles. The molecule has 4 aliphatic rings. The third kappa shape index (κ3) is 3.07. The van der Waals surface area contributed by atoms with Crippen LogP contribution in [0.3, 0.4) is 0 Å². The Labute approximate surface area is 178 Å². The van der Waals surface area contributed by atoms with Crippen LogP contribution in [0.1, 0.15) is 38.7 Å². The summed E-state index contributed by atoms with van der Waals surface area (Å²) >= 11 is 0. The standard InChI is InChI=1S/C22H30N2O5S/c1-21(2)17-5-6-22(21,20(25)12-17)14-30(26,27)24-9-7-23(8-10-24)13-16-3-4-18-19(11-16)29-15-28-18/h3-4,11,17H,5-10,12-15H2,1-2H3. The van der Waals surface area contributed by atoms with E-state index < -0.39 is 15.4 Å². The smallest absolute Gasteiger partial charge is 0.231 e. The van der Waals surface area contributed by atoms with Gasteiger partial charge in [-0.3, -0.25) is 9.69 Å². The van der Waals surface area contributed by atoms with Gasteiger partial charge in [0.1, 0.15) is 5.78 Å². The SMILES string of the molecule is CC1(C)C2CCC1(CS(=O)(=O)N1CCN(Cc3ccc4c(c3)OCO4)CC1)C(=O)C2. The van der Waals surface area contributed by atoms with Crippen molar-refractivity contribution in [1.82, 2.24) is 9.21 Å². The summed E-state index contributed by atoms with van der Waals surface area (Å²) in [7, 11) is -3.47. The summed E-state index contributed by atoms with van der Waals surface area (Å²) in [5, 5.41) is 0. The maximum atomic E-state index is 13.3. The minimum Gasteiger partial charge on any atom is -0.454 e. The van der Waals surface area contributed by atoms with E-state index in [-0.39, 0.29) is 23.7 Å². The molecule has 0 N–H and O–H groups in total. The molecule has 2 heterocycles. The first-order valence-electron chi connectivity index (χ1n) is 10.8. The fourth-order valence-corrected chi connectivity index (χ4v) is 8.18. The third-order valence-corrected chi connectivity index (χ3v) is 10.1. The van der Waals surface area contributed by atoms with Crippen LogP contribution in [0.5, 0.6) is 11.5 Å². The van der Waals surface area contributed by atoms with Crippen LogP contribution >= 0.6 is 0 Å². The van der Waals surface area contributed by atoms with E-state index >= 15 is 0 Å². The molecule has 1 aromatic rings. The number of fused-ring (bicyclic) bond motifs is 3. The Bertz CT molecular complexity index is 968. The van der Waals surface area contributed by atoms with Gasteiger partial charge in [-0.2, -0.15) is 4.31 Å². The van der Waals surface area contributed by atoms with Crippen LogP contribution in [0, 0.1) is 16.7 Å². The van der Waals surface area contributed by atoms with Gasteiger partial charge in [0.25, 0.3) is 0 Å². The maximum Gasteiger partial charge on any atom is 0.231 e. The topological polar surface area (TPSA) is 76.2 Å². The second kappa shape index (κ2) is 6.93. The molecule has 2 atom stereocenters. The van der Waals surface area contributed by atoms with Crippen LogP contribution in [-0.4, -0.2) is 62.1 Å². The van der Waals surface area contributed by atoms with Crippen molar-refractivity contribution in [2.45, 2.75) is 39.7 Å². The lowest BCUT2D eigenvalue weighted by atomic mass is 9.70. The number of Topliss-reactive ketones (excluding diaryl/α,β-unsaturated/α-hetero) is 1. The van der Waals surface area contributed by atoms with Gasteiger partial charge in [0, 0.05) is 44.6 Å². The summed E-state index contributed by atoms with van der Waals surface area (Å²) < 4.78 is 39.0. The highest BCUT2D eigenvalue weighted by Gasteiger charge is 2.65. The van der Waals surface area contributed by atoms with Crippen LogP contribution < -0.4 is 9.47 Å². The number of rotatable bonds is 5. The van der Waals surface area contributed by atoms with Gasteiger partial charge in [0.2, 0.25) is 16.8 Å². The van der Waals surface area contributed by atoms with Crippen LogP contribution in [0.25, 0.3) is 0 Å². The minimum atomic E-state index is -3.47. The van der Waals surface area contributed by atoms with E-state index in [0.717, 1.165) is 30.0 Å². The first kappa shape index (κ1) is 20.3. The summed E-state index contributed by atoms with van der Waals surface area (Å²) in [4.78, 5) is 15.0. The molecule has 2 saturated carbocycles. The Morgan fingerprint density at radius 1 is 1.10 bits per heavy atom. The molecule has 0 spiro atoms. The molecule has 8 heteroatoms. The van der Waals surface area contributed by atoms with E-state index in [1.807, 2.05) is 18.2 Å². The number of carbonyl (C=O) groups excluding carboxylic acids is 1. The quantitative estimate of drug-likeness (QED) is 0.708. The lowest BCUT2D eigenvalue weighted by molar-refractivity contribution is -0.128. The molecule has 2 aliphatic carbocycles. The van der Waals surface area contributed by atoms with E-state index in [0.29, 0.717) is 44.9 Å². The van der Waals surface area contributed by atoms with Crippen molar-refractivity contribution in [2.75, 3.05) is 38.7 Å². The predicted octanol–water partition coefficient (Wildman–Crippen LogP) is 2.26. The van der Waals surface area contributed by atoms with Crippen molar-refractivity contribution in [1.29, 1.82) is 0 Å². The Hall–Kier alpha value is -1.64. The molecule has 7 nitrogen and oxygen atoms in total. The molecule has 30 heavy (non-hydrogen) atoms. The molecule has 2 bridgehead atoms. The molecule has 1 aromatic carbocycles. The fourth-order valence-electron chi connectivity index (χ4n) is 5.97. The summed E-state index contributed by atoms with van der Waals surface area (Å²) in [6, 6.07) is 5.95. The van der Waals surface area contributed by atoms with Crippen molar-refractivity contribution < 1.29 is 22.7 Å². The number of sulfonamides is 1. The first-order valence-corrected chi connectivity index (χ1v) is 12.4. The van der Waals surface area contributed by atoms with Crippen LogP contribution in [0.15, 0.2) is 18.2 Å². The highest BCUT2D eigenvalue weighted by Crippen LogP contribution is 2.64. The Morgan fingerprint density at radius 2 is 1.83 bits per heavy atom. The van der Waals surface area contributed by atoms with Crippen molar-refractivity contribution in [3.05, 3.63) is 23.8 Å². The van der Waals surface area contributed by atoms with Gasteiger partial charge in [0.05, 0.1) is 5.75 Å². The number of carbonyl (C=O) groups is 1. The molecule has 2 unspecified atom stereocenters. The van der Waals surface area contributed by atoms with Gasteiger partial charge >= 0.3 is 0 Å². The fraction of sp³-hybridized carbons (Fsp3) is 0.682. The summed E-state index contributed by atoms with van der Waals surface area (Å²) in [6.07, 6.45) is 2.23. The molecule has 164 valence electrons. The van der Waals surface area contributed by atoms with E-state index in [1.165, 1.54) is 0 Å². The van der Waals surface area contributed by atoms with E-state index in [1.54, 1.807) is 4.31 Å². The zero-order valence-electron chi connectivity index (χ0n) is 17.7. The van der Waals surface area contributed by atoms with Crippen molar-refractivity contribution in [3.63, 3.8) is 0 Å². The summed E-state index contributed by atoms with van der Waals surface area (Å²) in [5.74, 6) is 2.01. The summed E-state index contributed by atoms with van der Waals surface area (Å²) in [5.41, 5.74) is 0.211. The average Bonchev–Trinajstić information content (AvgIpc) is 3.31. The molecule has 0 radical (unpaired) electrons. The molecule has 3 fully saturated rings. The molecule has 2 aliphatic heterocycles. The monoisotopic (exact) mass is 434 g/mol. The number of hydrogen-bond acceptors (Lipinski definition) is 6. The lowest BCUT2D eigenvalue weighted by Gasteiger charge is -2.39. The molecule has 5 rings (SSSR count). The van der Waals surface area contributed by atoms with Crippen molar-refractivity contribution in [3.8, 4) is 11.5 Å². The number of ether oxygens (including phenoxy) is 2. The van der Waals surface area contributed by atoms with Gasteiger partial charge in [-0.15, -0.1) is 0 Å². The van der Waals surface area contributed by atoms with E-state index in [2.05, 4.69) is 18.7 Å². The van der Waals surface area contributed by atoms with Crippen LogP contribution in [0.4, 0.5) is 0 Å². The maximum absolute atomic E-state index is 13.3.